The Morgan fingerprint density at radius 1 is 1.30 bits per heavy atom. The molecule has 4 nitrogen and oxygen atoms in total. The van der Waals surface area contributed by atoms with Crippen molar-refractivity contribution < 1.29 is 9.63 Å². The lowest BCUT2D eigenvalue weighted by atomic mass is 9.86. The predicted octanol–water partition coefficient (Wildman–Crippen LogP) is 4.17. The van der Waals surface area contributed by atoms with Crippen LogP contribution in [0.15, 0.2) is 27.2 Å². The molecule has 6 heteroatoms. The van der Waals surface area contributed by atoms with Crippen LogP contribution in [0.5, 0.6) is 0 Å². The van der Waals surface area contributed by atoms with Crippen LogP contribution >= 0.6 is 27.5 Å². The molecule has 20 heavy (non-hydrogen) atoms. The monoisotopic (exact) mass is 356 g/mol. The minimum Gasteiger partial charge on any atom is -0.392 e. The molecule has 2 aromatic rings. The molecule has 1 aliphatic rings. The van der Waals surface area contributed by atoms with Gasteiger partial charge in [0.25, 0.3) is 0 Å². The van der Waals surface area contributed by atoms with Gasteiger partial charge in [-0.25, -0.2) is 0 Å². The lowest BCUT2D eigenvalue weighted by Gasteiger charge is -2.24. The number of aliphatic hydroxyl groups excluding tert-OH is 1. The molecule has 1 aliphatic carbocycles. The van der Waals surface area contributed by atoms with E-state index in [0.29, 0.717) is 16.7 Å². The molecule has 106 valence electrons. The van der Waals surface area contributed by atoms with Crippen LogP contribution in [0.3, 0.4) is 0 Å². The van der Waals surface area contributed by atoms with Crippen molar-refractivity contribution in [2.45, 2.75) is 37.7 Å². The fraction of sp³-hybridized carbons (Fsp3) is 0.429. The summed E-state index contributed by atoms with van der Waals surface area (Å²) in [6.07, 6.45) is 3.46. The highest BCUT2D eigenvalue weighted by Gasteiger charge is 2.29. The minimum absolute atomic E-state index is 0.0410. The SMILES string of the molecule is OC1CCCCC1c1nc(-c2ccc(Cl)c(Br)c2)no1. The van der Waals surface area contributed by atoms with E-state index in [2.05, 4.69) is 26.1 Å². The molecule has 0 spiro atoms. The molecule has 1 aromatic carbocycles. The van der Waals surface area contributed by atoms with Gasteiger partial charge in [-0.2, -0.15) is 4.98 Å². The molecule has 3 rings (SSSR count). The number of hydrogen-bond donors (Lipinski definition) is 1. The number of nitrogens with zero attached hydrogens (tertiary/aromatic N) is 2. The van der Waals surface area contributed by atoms with Crippen LogP contribution < -0.4 is 0 Å². The number of hydrogen-bond acceptors (Lipinski definition) is 4. The van der Waals surface area contributed by atoms with E-state index >= 15 is 0 Å². The Morgan fingerprint density at radius 2 is 2.10 bits per heavy atom. The van der Waals surface area contributed by atoms with Gasteiger partial charge in [-0.1, -0.05) is 29.6 Å². The van der Waals surface area contributed by atoms with Crippen molar-refractivity contribution >= 4 is 27.5 Å². The number of benzene rings is 1. The van der Waals surface area contributed by atoms with Crippen molar-refractivity contribution in [1.82, 2.24) is 10.1 Å². The second-order valence-electron chi connectivity index (χ2n) is 5.04. The third-order valence-electron chi connectivity index (χ3n) is 3.67. The van der Waals surface area contributed by atoms with E-state index in [0.717, 1.165) is 35.7 Å². The highest BCUT2D eigenvalue weighted by molar-refractivity contribution is 9.10. The average molecular weight is 358 g/mol. The van der Waals surface area contributed by atoms with Gasteiger partial charge in [-0.15, -0.1) is 0 Å². The molecule has 0 amide bonds. The molecule has 0 saturated heterocycles. The lowest BCUT2D eigenvalue weighted by Crippen LogP contribution is -2.22. The van der Waals surface area contributed by atoms with Crippen molar-refractivity contribution in [2.75, 3.05) is 0 Å². The Kier molecular flexibility index (Phi) is 4.10. The Balaban J connectivity index is 1.87. The van der Waals surface area contributed by atoms with Gasteiger partial charge < -0.3 is 9.63 Å². The Bertz CT molecular complexity index is 617. The molecule has 0 aliphatic heterocycles. The van der Waals surface area contributed by atoms with E-state index in [-0.39, 0.29) is 12.0 Å². The van der Waals surface area contributed by atoms with Crippen molar-refractivity contribution in [3.05, 3.63) is 33.6 Å². The number of rotatable bonds is 2. The first-order valence-electron chi connectivity index (χ1n) is 6.62. The molecular weight excluding hydrogens is 344 g/mol. The lowest BCUT2D eigenvalue weighted by molar-refractivity contribution is 0.0908. The molecular formula is C14H14BrClN2O2. The van der Waals surface area contributed by atoms with Crippen LogP contribution in [0.25, 0.3) is 11.4 Å². The predicted molar refractivity (Wildman–Crippen MR) is 79.7 cm³/mol. The van der Waals surface area contributed by atoms with Crippen LogP contribution in [0.4, 0.5) is 0 Å². The summed E-state index contributed by atoms with van der Waals surface area (Å²) in [5.41, 5.74) is 0.835. The standard InChI is InChI=1S/C14H14BrClN2O2/c15-10-7-8(5-6-11(10)16)13-17-14(20-18-13)9-3-1-2-4-12(9)19/h5-7,9,12,19H,1-4H2. The fourth-order valence-corrected chi connectivity index (χ4v) is 3.03. The maximum atomic E-state index is 10.0. The van der Waals surface area contributed by atoms with E-state index in [1.54, 1.807) is 6.07 Å². The van der Waals surface area contributed by atoms with Gasteiger partial charge in [-0.05, 0) is 47.0 Å². The molecule has 1 saturated carbocycles. The first-order valence-corrected chi connectivity index (χ1v) is 7.79. The Morgan fingerprint density at radius 3 is 2.85 bits per heavy atom. The van der Waals surface area contributed by atoms with Gasteiger partial charge in [-0.3, -0.25) is 0 Å². The number of aromatic nitrogens is 2. The third-order valence-corrected chi connectivity index (χ3v) is 4.88. The van der Waals surface area contributed by atoms with Crippen LogP contribution in [0, 0.1) is 0 Å². The number of halogens is 2. The molecule has 0 bridgehead atoms. The summed E-state index contributed by atoms with van der Waals surface area (Å²) in [7, 11) is 0. The highest BCUT2D eigenvalue weighted by Crippen LogP contribution is 2.33. The average Bonchev–Trinajstić information content (AvgIpc) is 2.92. The molecule has 1 heterocycles. The van der Waals surface area contributed by atoms with Crippen LogP contribution in [0.2, 0.25) is 5.02 Å². The summed E-state index contributed by atoms with van der Waals surface area (Å²) < 4.78 is 6.12. The summed E-state index contributed by atoms with van der Waals surface area (Å²) >= 11 is 9.35. The minimum atomic E-state index is -0.381. The second kappa shape index (κ2) is 5.84. The van der Waals surface area contributed by atoms with Crippen LogP contribution in [-0.4, -0.2) is 21.4 Å². The van der Waals surface area contributed by atoms with Crippen molar-refractivity contribution in [3.8, 4) is 11.4 Å². The van der Waals surface area contributed by atoms with E-state index in [1.165, 1.54) is 0 Å². The highest BCUT2D eigenvalue weighted by atomic mass is 79.9. The molecule has 1 aromatic heterocycles. The van der Waals surface area contributed by atoms with Gasteiger partial charge in [0.2, 0.25) is 11.7 Å². The Labute approximate surface area is 130 Å². The van der Waals surface area contributed by atoms with Gasteiger partial charge in [0.05, 0.1) is 17.0 Å². The first kappa shape index (κ1) is 14.0. The first-order chi connectivity index (χ1) is 9.65. The van der Waals surface area contributed by atoms with E-state index < -0.39 is 0 Å². The fourth-order valence-electron chi connectivity index (χ4n) is 2.54. The third kappa shape index (κ3) is 2.75. The zero-order valence-corrected chi connectivity index (χ0v) is 13.1. The van der Waals surface area contributed by atoms with Crippen molar-refractivity contribution in [3.63, 3.8) is 0 Å². The van der Waals surface area contributed by atoms with Gasteiger partial charge in [0, 0.05) is 10.0 Å². The molecule has 1 N–H and O–H groups in total. The summed E-state index contributed by atoms with van der Waals surface area (Å²) in [5.74, 6) is 1.01. The van der Waals surface area contributed by atoms with Crippen LogP contribution in [-0.2, 0) is 0 Å². The second-order valence-corrected chi connectivity index (χ2v) is 6.30. The summed E-state index contributed by atoms with van der Waals surface area (Å²) in [5, 5.41) is 14.7. The van der Waals surface area contributed by atoms with Gasteiger partial charge >= 0.3 is 0 Å². The summed E-state index contributed by atoms with van der Waals surface area (Å²) in [6.45, 7) is 0. The van der Waals surface area contributed by atoms with Crippen molar-refractivity contribution in [1.29, 1.82) is 0 Å². The molecule has 2 unspecified atom stereocenters. The maximum Gasteiger partial charge on any atom is 0.232 e. The molecule has 1 fully saturated rings. The zero-order chi connectivity index (χ0) is 14.1. The van der Waals surface area contributed by atoms with E-state index in [1.807, 2.05) is 12.1 Å². The largest absolute Gasteiger partial charge is 0.392 e. The number of aliphatic hydroxyl groups is 1. The topological polar surface area (TPSA) is 59.2 Å². The van der Waals surface area contributed by atoms with Gasteiger partial charge in [0.1, 0.15) is 0 Å². The molecule has 0 radical (unpaired) electrons. The maximum absolute atomic E-state index is 10.0. The van der Waals surface area contributed by atoms with Gasteiger partial charge in [0.15, 0.2) is 0 Å². The molecule has 2 atom stereocenters. The van der Waals surface area contributed by atoms with E-state index in [9.17, 15) is 5.11 Å². The smallest absolute Gasteiger partial charge is 0.232 e. The normalized spacial score (nSPS) is 22.9. The summed E-state index contributed by atoms with van der Waals surface area (Å²) in [6, 6.07) is 5.49. The van der Waals surface area contributed by atoms with E-state index in [4.69, 9.17) is 16.1 Å². The quantitative estimate of drug-likeness (QED) is 0.876. The Hall–Kier alpha value is -0.910. The van der Waals surface area contributed by atoms with Crippen LogP contribution in [0.1, 0.15) is 37.5 Å². The summed E-state index contributed by atoms with van der Waals surface area (Å²) in [4.78, 5) is 4.42. The zero-order valence-electron chi connectivity index (χ0n) is 10.7. The van der Waals surface area contributed by atoms with Crippen molar-refractivity contribution in [2.24, 2.45) is 0 Å².